The molecule has 0 spiro atoms. The van der Waals surface area contributed by atoms with Crippen molar-refractivity contribution in [3.63, 3.8) is 0 Å². The number of pyridine rings is 1. The molecule has 1 unspecified atom stereocenters. The molecule has 0 radical (unpaired) electrons. The maximum atomic E-state index is 11.2. The quantitative estimate of drug-likeness (QED) is 0.498. The number of rotatable bonds is 4. The Labute approximate surface area is 188 Å². The van der Waals surface area contributed by atoms with Crippen molar-refractivity contribution in [3.8, 4) is 10.6 Å². The van der Waals surface area contributed by atoms with Crippen molar-refractivity contribution in [1.82, 2.24) is 25.1 Å². The zero-order chi connectivity index (χ0) is 21.4. The fourth-order valence-electron chi connectivity index (χ4n) is 4.00. The molecule has 1 aliphatic heterocycles. The predicted octanol–water partition coefficient (Wildman–Crippen LogP) is 4.33. The van der Waals surface area contributed by atoms with Gasteiger partial charge in [0.2, 0.25) is 11.0 Å². The molecule has 9 heteroatoms. The van der Waals surface area contributed by atoms with Crippen LogP contribution < -0.4 is 5.32 Å². The number of nitrogens with zero attached hydrogens (tertiary/aromatic N) is 5. The summed E-state index contributed by atoms with van der Waals surface area (Å²) >= 11 is 3.04. The van der Waals surface area contributed by atoms with Crippen LogP contribution in [0.2, 0.25) is 0 Å². The number of carbonyl (C=O) groups is 1. The van der Waals surface area contributed by atoms with Gasteiger partial charge in [-0.2, -0.15) is 0 Å². The van der Waals surface area contributed by atoms with E-state index in [0.29, 0.717) is 11.2 Å². The summed E-state index contributed by atoms with van der Waals surface area (Å²) in [6.07, 6.45) is 3.73. The van der Waals surface area contributed by atoms with Gasteiger partial charge in [-0.15, -0.1) is 21.5 Å². The molecule has 31 heavy (non-hydrogen) atoms. The Morgan fingerprint density at radius 3 is 2.90 bits per heavy atom. The van der Waals surface area contributed by atoms with Crippen molar-refractivity contribution < 1.29 is 4.79 Å². The fourth-order valence-corrected chi connectivity index (χ4v) is 5.43. The third-order valence-electron chi connectivity index (χ3n) is 5.70. The minimum Gasteiger partial charge on any atom is -0.301 e. The van der Waals surface area contributed by atoms with E-state index in [2.05, 4.69) is 56.6 Å². The van der Waals surface area contributed by atoms with E-state index in [1.165, 1.54) is 34.1 Å². The minimum absolute atomic E-state index is 0.147. The zero-order valence-electron chi connectivity index (χ0n) is 17.3. The number of carbonyl (C=O) groups excluding carboxylic acids is 1. The van der Waals surface area contributed by atoms with Gasteiger partial charge in [0.05, 0.1) is 15.7 Å². The average Bonchev–Trinajstić information content (AvgIpc) is 3.37. The molecule has 0 saturated carbocycles. The van der Waals surface area contributed by atoms with E-state index < -0.39 is 0 Å². The van der Waals surface area contributed by atoms with Gasteiger partial charge < -0.3 is 5.32 Å². The van der Waals surface area contributed by atoms with Gasteiger partial charge in [0, 0.05) is 49.9 Å². The van der Waals surface area contributed by atoms with E-state index in [1.807, 2.05) is 11.7 Å². The van der Waals surface area contributed by atoms with Crippen LogP contribution in [0.5, 0.6) is 0 Å². The molecule has 1 aromatic carbocycles. The second-order valence-corrected chi connectivity index (χ2v) is 9.58. The number of hydrogen-bond donors (Lipinski definition) is 1. The second kappa shape index (κ2) is 8.41. The Balaban J connectivity index is 1.33. The van der Waals surface area contributed by atoms with Crippen LogP contribution in [0.1, 0.15) is 36.7 Å². The zero-order valence-corrected chi connectivity index (χ0v) is 19.0. The first-order valence-electron chi connectivity index (χ1n) is 10.2. The van der Waals surface area contributed by atoms with Gasteiger partial charge in [0.1, 0.15) is 0 Å². The van der Waals surface area contributed by atoms with Crippen LogP contribution in [0.3, 0.4) is 0 Å². The van der Waals surface area contributed by atoms with Crippen LogP contribution in [-0.4, -0.2) is 44.1 Å². The first-order chi connectivity index (χ1) is 15.1. The molecule has 0 aliphatic carbocycles. The Hall–Kier alpha value is -2.75. The van der Waals surface area contributed by atoms with Crippen molar-refractivity contribution >= 4 is 43.9 Å². The number of benzene rings is 1. The van der Waals surface area contributed by atoms with Crippen LogP contribution in [-0.2, 0) is 17.6 Å². The van der Waals surface area contributed by atoms with Gasteiger partial charge in [0.25, 0.3) is 0 Å². The van der Waals surface area contributed by atoms with Crippen molar-refractivity contribution in [2.24, 2.45) is 0 Å². The molecule has 0 bridgehead atoms. The van der Waals surface area contributed by atoms with Crippen molar-refractivity contribution in [3.05, 3.63) is 52.8 Å². The van der Waals surface area contributed by atoms with Crippen LogP contribution in [0, 0.1) is 0 Å². The highest BCUT2D eigenvalue weighted by molar-refractivity contribution is 7.18. The molecule has 158 valence electrons. The third kappa shape index (κ3) is 4.21. The van der Waals surface area contributed by atoms with Crippen LogP contribution in [0.4, 0.5) is 5.13 Å². The molecule has 4 aromatic rings. The van der Waals surface area contributed by atoms with Gasteiger partial charge in [-0.3, -0.25) is 14.7 Å². The number of nitrogens with one attached hydrogen (secondary N) is 1. The second-order valence-electron chi connectivity index (χ2n) is 7.71. The Kier molecular flexibility index (Phi) is 5.47. The largest absolute Gasteiger partial charge is 0.301 e. The SMILES string of the molecule is CC(=O)Nc1nnc(-c2cnc3c(c2)CCN(C(C)c2ccc4scnc4c2)CC3)s1. The number of thiazole rings is 1. The van der Waals surface area contributed by atoms with Gasteiger partial charge in [-0.25, -0.2) is 4.98 Å². The van der Waals surface area contributed by atoms with Gasteiger partial charge in [-0.1, -0.05) is 17.4 Å². The molecule has 1 N–H and O–H groups in total. The molecule has 0 saturated heterocycles. The Morgan fingerprint density at radius 2 is 2.03 bits per heavy atom. The van der Waals surface area contributed by atoms with E-state index in [4.69, 9.17) is 4.98 Å². The Morgan fingerprint density at radius 1 is 1.16 bits per heavy atom. The van der Waals surface area contributed by atoms with E-state index in [0.717, 1.165) is 47.7 Å². The van der Waals surface area contributed by atoms with Gasteiger partial charge in [0.15, 0.2) is 5.01 Å². The lowest BCUT2D eigenvalue weighted by atomic mass is 10.1. The summed E-state index contributed by atoms with van der Waals surface area (Å²) in [5.74, 6) is -0.147. The van der Waals surface area contributed by atoms with E-state index >= 15 is 0 Å². The summed E-state index contributed by atoms with van der Waals surface area (Å²) in [5.41, 5.74) is 7.65. The smallest absolute Gasteiger partial charge is 0.223 e. The number of aromatic nitrogens is 4. The summed E-state index contributed by atoms with van der Waals surface area (Å²) in [5, 5.41) is 12.2. The highest BCUT2D eigenvalue weighted by atomic mass is 32.1. The summed E-state index contributed by atoms with van der Waals surface area (Å²) in [6.45, 7) is 5.68. The molecule has 4 heterocycles. The topological polar surface area (TPSA) is 83.9 Å². The number of hydrogen-bond acceptors (Lipinski definition) is 8. The van der Waals surface area contributed by atoms with E-state index in [1.54, 1.807) is 11.3 Å². The highest BCUT2D eigenvalue weighted by Gasteiger charge is 2.22. The summed E-state index contributed by atoms with van der Waals surface area (Å²) in [6, 6.07) is 9.12. The standard InChI is InChI=1S/C22H22N6OS2/c1-13(15-3-4-20-19(10-15)24-12-30-20)28-7-5-16-9-17(11-23-18(16)6-8-28)21-26-27-22(31-21)25-14(2)29/h3-4,9-13H,5-8H2,1-2H3,(H,25,27,29). The molecule has 5 rings (SSSR count). The molecule has 1 aliphatic rings. The minimum atomic E-state index is -0.147. The molecule has 0 fully saturated rings. The molecule has 1 amide bonds. The monoisotopic (exact) mass is 450 g/mol. The molecular weight excluding hydrogens is 428 g/mol. The molecule has 1 atom stereocenters. The first-order valence-corrected chi connectivity index (χ1v) is 11.9. The summed E-state index contributed by atoms with van der Waals surface area (Å²) < 4.78 is 1.23. The highest BCUT2D eigenvalue weighted by Crippen LogP contribution is 2.30. The number of fused-ring (bicyclic) bond motifs is 2. The average molecular weight is 451 g/mol. The van der Waals surface area contributed by atoms with Crippen molar-refractivity contribution in [1.29, 1.82) is 0 Å². The van der Waals surface area contributed by atoms with Crippen molar-refractivity contribution in [2.75, 3.05) is 18.4 Å². The number of amides is 1. The molecule has 7 nitrogen and oxygen atoms in total. The summed E-state index contributed by atoms with van der Waals surface area (Å²) in [7, 11) is 0. The van der Waals surface area contributed by atoms with Gasteiger partial charge in [-0.05, 0) is 42.7 Å². The maximum absolute atomic E-state index is 11.2. The van der Waals surface area contributed by atoms with Crippen LogP contribution in [0.15, 0.2) is 36.0 Å². The predicted molar refractivity (Wildman–Crippen MR) is 124 cm³/mol. The van der Waals surface area contributed by atoms with E-state index in [-0.39, 0.29) is 5.91 Å². The number of anilines is 1. The molecular formula is C22H22N6OS2. The van der Waals surface area contributed by atoms with Crippen molar-refractivity contribution in [2.45, 2.75) is 32.7 Å². The van der Waals surface area contributed by atoms with E-state index in [9.17, 15) is 4.79 Å². The van der Waals surface area contributed by atoms with Crippen LogP contribution in [0.25, 0.3) is 20.8 Å². The summed E-state index contributed by atoms with van der Waals surface area (Å²) in [4.78, 5) is 23.0. The maximum Gasteiger partial charge on any atom is 0.223 e. The fraction of sp³-hybridized carbons (Fsp3) is 0.318. The normalized spacial score (nSPS) is 15.4. The third-order valence-corrected chi connectivity index (χ3v) is 7.40. The lowest BCUT2D eigenvalue weighted by Gasteiger charge is -2.27. The first kappa shape index (κ1) is 20.2. The van der Waals surface area contributed by atoms with Crippen LogP contribution >= 0.6 is 22.7 Å². The van der Waals surface area contributed by atoms with Gasteiger partial charge >= 0.3 is 0 Å². The lowest BCUT2D eigenvalue weighted by molar-refractivity contribution is -0.114. The Bertz CT molecular complexity index is 1250. The molecule has 3 aromatic heterocycles. The lowest BCUT2D eigenvalue weighted by Crippen LogP contribution is -2.29.